The SMILES string of the molecule is CNCCc1ccccc1C(=O)NCC1COc2ccccc2O1. The molecule has 1 amide bonds. The van der Waals surface area contributed by atoms with E-state index in [1.807, 2.05) is 55.6 Å². The van der Waals surface area contributed by atoms with Crippen LogP contribution in [0, 0.1) is 0 Å². The normalized spacial score (nSPS) is 15.8. The fourth-order valence-electron chi connectivity index (χ4n) is 2.68. The molecule has 0 saturated heterocycles. The van der Waals surface area contributed by atoms with Gasteiger partial charge in [-0.3, -0.25) is 4.79 Å². The second-order valence-electron chi connectivity index (χ2n) is 5.72. The molecule has 24 heavy (non-hydrogen) atoms. The molecule has 3 rings (SSSR count). The average Bonchev–Trinajstić information content (AvgIpc) is 2.64. The summed E-state index contributed by atoms with van der Waals surface area (Å²) in [6.07, 6.45) is 0.629. The van der Waals surface area contributed by atoms with Gasteiger partial charge in [0.1, 0.15) is 12.7 Å². The number of hydrogen-bond donors (Lipinski definition) is 2. The van der Waals surface area contributed by atoms with Crippen LogP contribution in [-0.4, -0.2) is 38.8 Å². The van der Waals surface area contributed by atoms with E-state index in [0.717, 1.165) is 30.0 Å². The molecule has 5 nitrogen and oxygen atoms in total. The Balaban J connectivity index is 1.59. The van der Waals surface area contributed by atoms with Crippen LogP contribution in [-0.2, 0) is 6.42 Å². The summed E-state index contributed by atoms with van der Waals surface area (Å²) in [5.74, 6) is 1.39. The average molecular weight is 326 g/mol. The Bertz CT molecular complexity index is 703. The van der Waals surface area contributed by atoms with Crippen molar-refractivity contribution in [2.75, 3.05) is 26.7 Å². The van der Waals surface area contributed by atoms with Crippen molar-refractivity contribution in [2.45, 2.75) is 12.5 Å². The number of benzene rings is 2. The number of nitrogens with one attached hydrogen (secondary N) is 2. The van der Waals surface area contributed by atoms with E-state index >= 15 is 0 Å². The standard InChI is InChI=1S/C19H22N2O3/c1-20-11-10-14-6-2-3-7-16(14)19(22)21-12-15-13-23-17-8-4-5-9-18(17)24-15/h2-9,15,20H,10-13H2,1H3,(H,21,22). The Hall–Kier alpha value is -2.53. The zero-order valence-corrected chi connectivity index (χ0v) is 13.7. The van der Waals surface area contributed by atoms with Crippen LogP contribution < -0.4 is 20.1 Å². The van der Waals surface area contributed by atoms with E-state index in [4.69, 9.17) is 9.47 Å². The third-order valence-electron chi connectivity index (χ3n) is 3.96. The van der Waals surface area contributed by atoms with Crippen LogP contribution in [0.1, 0.15) is 15.9 Å². The second-order valence-corrected chi connectivity index (χ2v) is 5.72. The molecule has 1 aliphatic heterocycles. The van der Waals surface area contributed by atoms with Crippen molar-refractivity contribution < 1.29 is 14.3 Å². The predicted molar refractivity (Wildman–Crippen MR) is 92.8 cm³/mol. The molecule has 2 N–H and O–H groups in total. The molecule has 0 radical (unpaired) electrons. The third kappa shape index (κ3) is 3.86. The molecule has 2 aromatic carbocycles. The Kier molecular flexibility index (Phi) is 5.33. The number of para-hydroxylation sites is 2. The van der Waals surface area contributed by atoms with Gasteiger partial charge in [0.15, 0.2) is 11.5 Å². The lowest BCUT2D eigenvalue weighted by Crippen LogP contribution is -2.41. The highest BCUT2D eigenvalue weighted by molar-refractivity contribution is 5.95. The minimum atomic E-state index is -0.187. The van der Waals surface area contributed by atoms with Gasteiger partial charge in [0.05, 0.1) is 6.54 Å². The summed E-state index contributed by atoms with van der Waals surface area (Å²) in [5, 5.41) is 6.06. The Morgan fingerprint density at radius 2 is 1.88 bits per heavy atom. The smallest absolute Gasteiger partial charge is 0.251 e. The van der Waals surface area contributed by atoms with Gasteiger partial charge in [-0.25, -0.2) is 0 Å². The molecule has 126 valence electrons. The number of rotatable bonds is 6. The summed E-state index contributed by atoms with van der Waals surface area (Å²) in [5.41, 5.74) is 1.75. The van der Waals surface area contributed by atoms with Crippen LogP contribution in [0.2, 0.25) is 0 Å². The molecule has 5 heteroatoms. The maximum Gasteiger partial charge on any atom is 0.251 e. The van der Waals surface area contributed by atoms with Crippen LogP contribution in [0.25, 0.3) is 0 Å². The molecule has 1 heterocycles. The quantitative estimate of drug-likeness (QED) is 0.853. The Morgan fingerprint density at radius 3 is 2.71 bits per heavy atom. The minimum absolute atomic E-state index is 0.0795. The molecule has 1 atom stereocenters. The van der Waals surface area contributed by atoms with Crippen molar-refractivity contribution in [1.82, 2.24) is 10.6 Å². The molecule has 2 aromatic rings. The molecule has 1 unspecified atom stereocenters. The summed E-state index contributed by atoms with van der Waals surface area (Å²) < 4.78 is 11.5. The molecule has 0 fully saturated rings. The van der Waals surface area contributed by atoms with Crippen molar-refractivity contribution in [1.29, 1.82) is 0 Å². The fraction of sp³-hybridized carbons (Fsp3) is 0.316. The summed E-state index contributed by atoms with van der Waals surface area (Å²) in [6.45, 7) is 1.67. The molecule has 0 aliphatic carbocycles. The highest BCUT2D eigenvalue weighted by Gasteiger charge is 2.21. The minimum Gasteiger partial charge on any atom is -0.486 e. The van der Waals surface area contributed by atoms with Crippen molar-refractivity contribution >= 4 is 5.91 Å². The number of carbonyl (C=O) groups excluding carboxylic acids is 1. The lowest BCUT2D eigenvalue weighted by molar-refractivity contribution is 0.0788. The van der Waals surface area contributed by atoms with E-state index in [2.05, 4.69) is 10.6 Å². The van der Waals surface area contributed by atoms with Gasteiger partial charge in [-0.05, 0) is 43.8 Å². The topological polar surface area (TPSA) is 59.6 Å². The highest BCUT2D eigenvalue weighted by Crippen LogP contribution is 2.30. The first kappa shape index (κ1) is 16.3. The number of likely N-dealkylation sites (N-methyl/N-ethyl adjacent to an activating group) is 1. The summed E-state index contributed by atoms with van der Waals surface area (Å²) in [7, 11) is 1.90. The summed E-state index contributed by atoms with van der Waals surface area (Å²) in [6, 6.07) is 15.2. The maximum absolute atomic E-state index is 12.5. The van der Waals surface area contributed by atoms with Crippen LogP contribution >= 0.6 is 0 Å². The predicted octanol–water partition coefficient (Wildman–Crippen LogP) is 2.02. The molecular weight excluding hydrogens is 304 g/mol. The van der Waals surface area contributed by atoms with E-state index in [0.29, 0.717) is 18.7 Å². The molecule has 1 aliphatic rings. The lowest BCUT2D eigenvalue weighted by Gasteiger charge is -2.26. The fourth-order valence-corrected chi connectivity index (χ4v) is 2.68. The van der Waals surface area contributed by atoms with E-state index in [-0.39, 0.29) is 12.0 Å². The van der Waals surface area contributed by atoms with Crippen molar-refractivity contribution in [3.63, 3.8) is 0 Å². The zero-order valence-electron chi connectivity index (χ0n) is 13.7. The van der Waals surface area contributed by atoms with Crippen LogP contribution in [0.5, 0.6) is 11.5 Å². The van der Waals surface area contributed by atoms with Crippen molar-refractivity contribution in [3.05, 3.63) is 59.7 Å². The van der Waals surface area contributed by atoms with Gasteiger partial charge < -0.3 is 20.1 Å². The van der Waals surface area contributed by atoms with Gasteiger partial charge in [-0.15, -0.1) is 0 Å². The van der Waals surface area contributed by atoms with E-state index in [1.54, 1.807) is 0 Å². The first-order chi connectivity index (χ1) is 11.8. The molecular formula is C19H22N2O3. The van der Waals surface area contributed by atoms with Gasteiger partial charge >= 0.3 is 0 Å². The zero-order chi connectivity index (χ0) is 16.8. The Morgan fingerprint density at radius 1 is 1.12 bits per heavy atom. The van der Waals surface area contributed by atoms with Gasteiger partial charge in [0.2, 0.25) is 0 Å². The number of ether oxygens (including phenoxy) is 2. The number of hydrogen-bond acceptors (Lipinski definition) is 4. The van der Waals surface area contributed by atoms with Gasteiger partial charge in [0.25, 0.3) is 5.91 Å². The molecule has 0 saturated carbocycles. The van der Waals surface area contributed by atoms with E-state index < -0.39 is 0 Å². The highest BCUT2D eigenvalue weighted by atomic mass is 16.6. The van der Waals surface area contributed by atoms with Crippen LogP contribution in [0.4, 0.5) is 0 Å². The van der Waals surface area contributed by atoms with E-state index in [9.17, 15) is 4.79 Å². The third-order valence-corrected chi connectivity index (χ3v) is 3.96. The summed E-state index contributed by atoms with van der Waals surface area (Å²) in [4.78, 5) is 12.5. The summed E-state index contributed by atoms with van der Waals surface area (Å²) >= 11 is 0. The second kappa shape index (κ2) is 7.84. The lowest BCUT2D eigenvalue weighted by atomic mass is 10.0. The van der Waals surface area contributed by atoms with Crippen LogP contribution in [0.15, 0.2) is 48.5 Å². The largest absolute Gasteiger partial charge is 0.486 e. The number of amides is 1. The number of fused-ring (bicyclic) bond motifs is 1. The van der Waals surface area contributed by atoms with Gasteiger partial charge in [-0.1, -0.05) is 30.3 Å². The first-order valence-electron chi connectivity index (χ1n) is 8.17. The van der Waals surface area contributed by atoms with Crippen LogP contribution in [0.3, 0.4) is 0 Å². The van der Waals surface area contributed by atoms with Gasteiger partial charge in [-0.2, -0.15) is 0 Å². The van der Waals surface area contributed by atoms with E-state index in [1.165, 1.54) is 0 Å². The van der Waals surface area contributed by atoms with Crippen molar-refractivity contribution in [2.24, 2.45) is 0 Å². The molecule has 0 bridgehead atoms. The number of carbonyl (C=O) groups is 1. The maximum atomic E-state index is 12.5. The monoisotopic (exact) mass is 326 g/mol. The first-order valence-corrected chi connectivity index (χ1v) is 8.17. The molecule has 0 spiro atoms. The van der Waals surface area contributed by atoms with Gasteiger partial charge in [0, 0.05) is 5.56 Å². The van der Waals surface area contributed by atoms with Crippen molar-refractivity contribution in [3.8, 4) is 11.5 Å². The Labute approximate surface area is 142 Å². The molecule has 0 aromatic heterocycles.